The molecule has 2 aliphatic heterocycles. The third-order valence-corrected chi connectivity index (χ3v) is 9.88. The van der Waals surface area contributed by atoms with Crippen molar-refractivity contribution >= 4 is 34.4 Å². The van der Waals surface area contributed by atoms with E-state index in [4.69, 9.17) is 9.98 Å². The fourth-order valence-corrected chi connectivity index (χ4v) is 7.19. The van der Waals surface area contributed by atoms with Gasteiger partial charge in [-0.3, -0.25) is 14.9 Å². The zero-order valence-corrected chi connectivity index (χ0v) is 24.4. The summed E-state index contributed by atoms with van der Waals surface area (Å²) in [7, 11) is 2.18. The molecule has 0 aromatic carbocycles. The van der Waals surface area contributed by atoms with Gasteiger partial charge in [-0.15, -0.1) is 0 Å². The topological polar surface area (TPSA) is 105 Å². The number of fused-ring (bicyclic) bond motifs is 3. The summed E-state index contributed by atoms with van der Waals surface area (Å²) in [5.74, 6) is 1.30. The van der Waals surface area contributed by atoms with Crippen molar-refractivity contribution in [3.63, 3.8) is 0 Å². The number of nitrogens with one attached hydrogen (secondary N) is 3. The van der Waals surface area contributed by atoms with E-state index in [1.807, 2.05) is 12.4 Å². The first-order chi connectivity index (χ1) is 20.5. The molecule has 42 heavy (non-hydrogen) atoms. The number of allylic oxidation sites excluding steroid dienone is 5. The van der Waals surface area contributed by atoms with Crippen LogP contribution in [0, 0.1) is 17.8 Å². The number of aromatic amines is 2. The molecule has 216 valence electrons. The maximum atomic E-state index is 12.9. The van der Waals surface area contributed by atoms with Crippen molar-refractivity contribution in [1.29, 1.82) is 0 Å². The number of aromatic nitrogens is 4. The molecule has 0 spiro atoms. The van der Waals surface area contributed by atoms with Crippen molar-refractivity contribution in [2.24, 2.45) is 22.7 Å². The minimum absolute atomic E-state index is 0.0275. The summed E-state index contributed by atoms with van der Waals surface area (Å²) in [4.78, 5) is 31.0. The zero-order chi connectivity index (χ0) is 28.4. The van der Waals surface area contributed by atoms with Gasteiger partial charge in [0.25, 0.3) is 0 Å². The first-order valence-corrected chi connectivity index (χ1v) is 15.5. The minimum Gasteiger partial charge on any atom is -0.368 e. The molecular weight excluding hydrogens is 524 g/mol. The highest BCUT2D eigenvalue weighted by Crippen LogP contribution is 2.49. The number of amides is 1. The van der Waals surface area contributed by atoms with Crippen LogP contribution in [0.4, 0.5) is 0 Å². The lowest BCUT2D eigenvalue weighted by molar-refractivity contribution is -0.124. The van der Waals surface area contributed by atoms with Crippen molar-refractivity contribution in [3.05, 3.63) is 59.1 Å². The van der Waals surface area contributed by atoms with Gasteiger partial charge in [-0.2, -0.15) is 5.10 Å². The smallest absolute Gasteiger partial charge is 0.227 e. The third-order valence-electron chi connectivity index (χ3n) is 9.88. The molecule has 3 fully saturated rings. The summed E-state index contributed by atoms with van der Waals surface area (Å²) in [6.07, 6.45) is 16.0. The monoisotopic (exact) mass is 562 g/mol. The molecule has 1 amide bonds. The lowest BCUT2D eigenvalue weighted by Crippen LogP contribution is -2.43. The van der Waals surface area contributed by atoms with E-state index in [1.165, 1.54) is 11.3 Å². The van der Waals surface area contributed by atoms with E-state index in [0.29, 0.717) is 17.5 Å². The normalized spacial score (nSPS) is 25.9. The van der Waals surface area contributed by atoms with Crippen LogP contribution in [0.15, 0.2) is 47.2 Å². The molecular formula is C33H38N8O. The van der Waals surface area contributed by atoms with E-state index in [0.717, 1.165) is 97.6 Å². The second-order valence-corrected chi connectivity index (χ2v) is 12.7. The van der Waals surface area contributed by atoms with Crippen LogP contribution in [0.1, 0.15) is 61.9 Å². The first kappa shape index (κ1) is 25.7. The second kappa shape index (κ2) is 10.1. The Hall–Kier alpha value is -3.98. The number of piperazine rings is 1. The zero-order valence-electron chi connectivity index (χ0n) is 24.4. The van der Waals surface area contributed by atoms with Gasteiger partial charge >= 0.3 is 0 Å². The van der Waals surface area contributed by atoms with Crippen molar-refractivity contribution < 1.29 is 4.79 Å². The maximum Gasteiger partial charge on any atom is 0.227 e. The van der Waals surface area contributed by atoms with Crippen molar-refractivity contribution in [2.75, 3.05) is 33.2 Å². The molecule has 0 radical (unpaired) electrons. The lowest BCUT2D eigenvalue weighted by atomic mass is 9.97. The molecule has 3 atom stereocenters. The van der Waals surface area contributed by atoms with Crippen molar-refractivity contribution in [3.8, 4) is 11.4 Å². The lowest BCUT2D eigenvalue weighted by Gasteiger charge is -2.35. The quantitative estimate of drug-likeness (QED) is 0.410. The molecule has 1 saturated heterocycles. The molecule has 3 aromatic heterocycles. The second-order valence-electron chi connectivity index (χ2n) is 12.7. The highest BCUT2D eigenvalue weighted by atomic mass is 16.1. The molecule has 3 aliphatic carbocycles. The van der Waals surface area contributed by atoms with E-state index in [1.54, 1.807) is 0 Å². The predicted octanol–water partition coefficient (Wildman–Crippen LogP) is 4.91. The summed E-state index contributed by atoms with van der Waals surface area (Å²) in [6, 6.07) is 4.46. The number of hydrogen-bond acceptors (Lipinski definition) is 6. The number of hydrogen-bond donors (Lipinski definition) is 3. The number of pyridine rings is 1. The van der Waals surface area contributed by atoms with Crippen molar-refractivity contribution in [2.45, 2.75) is 45.1 Å². The number of rotatable bonds is 5. The van der Waals surface area contributed by atoms with Crippen LogP contribution < -0.4 is 5.32 Å². The Balaban J connectivity index is 1.12. The summed E-state index contributed by atoms with van der Waals surface area (Å²) >= 11 is 0. The molecule has 3 N–H and O–H groups in total. The Morgan fingerprint density at radius 1 is 1.12 bits per heavy atom. The van der Waals surface area contributed by atoms with Crippen molar-refractivity contribution in [1.82, 2.24) is 35.3 Å². The molecule has 5 heterocycles. The van der Waals surface area contributed by atoms with Crippen LogP contribution in [-0.4, -0.2) is 75.3 Å². The van der Waals surface area contributed by atoms with Gasteiger partial charge in [0.05, 0.1) is 17.4 Å². The Morgan fingerprint density at radius 3 is 2.79 bits per heavy atom. The van der Waals surface area contributed by atoms with Gasteiger partial charge in [-0.25, -0.2) is 4.98 Å². The molecule has 9 heteroatoms. The Labute approximate surface area is 245 Å². The van der Waals surface area contributed by atoms with E-state index in [-0.39, 0.29) is 17.9 Å². The summed E-state index contributed by atoms with van der Waals surface area (Å²) in [5.41, 5.74) is 9.41. The summed E-state index contributed by atoms with van der Waals surface area (Å²) < 4.78 is 0. The number of aliphatic imine (C=N–C) groups is 1. The Morgan fingerprint density at radius 2 is 1.95 bits per heavy atom. The van der Waals surface area contributed by atoms with Gasteiger partial charge in [0.2, 0.25) is 5.91 Å². The molecule has 5 aliphatic rings. The summed E-state index contributed by atoms with van der Waals surface area (Å²) in [5, 5.41) is 12.1. The molecule has 2 saturated carbocycles. The van der Waals surface area contributed by atoms with Gasteiger partial charge in [-0.1, -0.05) is 18.9 Å². The first-order valence-electron chi connectivity index (χ1n) is 15.5. The van der Waals surface area contributed by atoms with E-state index >= 15 is 0 Å². The largest absolute Gasteiger partial charge is 0.368 e. The van der Waals surface area contributed by atoms with Crippen LogP contribution in [0.5, 0.6) is 0 Å². The average Bonchev–Trinajstić information content (AvgIpc) is 3.33. The molecule has 8 rings (SSSR count). The van der Waals surface area contributed by atoms with Crippen LogP contribution in [-0.2, 0) is 4.79 Å². The standard InChI is InChI=1S/C33H38N8O/c1-19-30-25(29(7-8-34-19)41-11-9-40(2)10-12-41)17-28(36-30)31-26-15-23(18-35-32(26)39-38-31)21-13-22-14-24(22)27(16-21)37-33(42)20-5-3-4-6-20/h7-8,13,15-20,22,24,36H,3-6,9-12,14H2,1-2H3,(H,37,42)(H,35,38,39). The van der Waals surface area contributed by atoms with E-state index in [2.05, 4.69) is 74.6 Å². The highest BCUT2D eigenvalue weighted by Gasteiger charge is 2.42. The van der Waals surface area contributed by atoms with Gasteiger partial charge in [-0.05, 0) is 69.0 Å². The number of carbonyl (C=O) groups is 1. The maximum absolute atomic E-state index is 12.9. The summed E-state index contributed by atoms with van der Waals surface area (Å²) in [6.45, 7) is 6.23. The molecule has 3 unspecified atom stereocenters. The average molecular weight is 563 g/mol. The third kappa shape index (κ3) is 4.51. The fraction of sp³-hybridized carbons (Fsp3) is 0.455. The Kier molecular flexibility index (Phi) is 6.17. The van der Waals surface area contributed by atoms with Crippen LogP contribution in [0.3, 0.4) is 0 Å². The number of nitrogens with zero attached hydrogens (tertiary/aromatic N) is 5. The van der Waals surface area contributed by atoms with Gasteiger partial charge in [0, 0.05) is 84.0 Å². The van der Waals surface area contributed by atoms with Crippen LogP contribution in [0.25, 0.3) is 33.7 Å². The van der Waals surface area contributed by atoms with Crippen LogP contribution >= 0.6 is 0 Å². The molecule has 3 aromatic rings. The number of H-pyrrole nitrogens is 2. The van der Waals surface area contributed by atoms with Gasteiger partial charge < -0.3 is 20.1 Å². The van der Waals surface area contributed by atoms with E-state index < -0.39 is 0 Å². The predicted molar refractivity (Wildman–Crippen MR) is 165 cm³/mol. The van der Waals surface area contributed by atoms with Gasteiger partial charge in [0.15, 0.2) is 5.65 Å². The molecule has 9 nitrogen and oxygen atoms in total. The van der Waals surface area contributed by atoms with Crippen LogP contribution in [0.2, 0.25) is 0 Å². The van der Waals surface area contributed by atoms with E-state index in [9.17, 15) is 4.79 Å². The fourth-order valence-electron chi connectivity index (χ4n) is 7.19. The minimum atomic E-state index is 0.0275. The number of likely N-dealkylation sites (N-methyl/N-ethyl adjacent to an activating group) is 1. The number of carbonyl (C=O) groups excluding carboxylic acids is 1. The highest BCUT2D eigenvalue weighted by molar-refractivity contribution is 5.95. The van der Waals surface area contributed by atoms with Gasteiger partial charge in [0.1, 0.15) is 0 Å². The molecule has 0 bridgehead atoms. The Bertz CT molecular complexity index is 1670. The SMILES string of the molecule is CC1N=CC=C(N2CCN(C)CC2)c2cc(-c3[nH]nc4ncc(C5=CC6CC6C(NC(=O)C6CCCC6)=C5)cc34)[nH]c21.